The molecule has 3 heterocycles. The van der Waals surface area contributed by atoms with Gasteiger partial charge in [-0.25, -0.2) is 9.29 Å². The molecule has 192 valence electrons. The third kappa shape index (κ3) is 3.48. The van der Waals surface area contributed by atoms with E-state index in [2.05, 4.69) is 10.6 Å². The van der Waals surface area contributed by atoms with Gasteiger partial charge in [-0.05, 0) is 66.6 Å². The molecule has 2 fully saturated rings. The van der Waals surface area contributed by atoms with Crippen LogP contribution in [0.5, 0.6) is 11.5 Å². The van der Waals surface area contributed by atoms with Gasteiger partial charge < -0.3 is 15.2 Å². The Morgan fingerprint density at radius 3 is 2.42 bits per heavy atom. The Kier molecular flexibility index (Phi) is 5.32. The molecular weight excluding hydrogens is 493 g/mol. The predicted molar refractivity (Wildman–Crippen MR) is 133 cm³/mol. The molecule has 4 atom stereocenters. The summed E-state index contributed by atoms with van der Waals surface area (Å²) in [6, 6.07) is 15.6. The van der Waals surface area contributed by atoms with Gasteiger partial charge in [0.05, 0.1) is 17.5 Å². The average molecular weight is 515 g/mol. The van der Waals surface area contributed by atoms with Crippen molar-refractivity contribution in [1.29, 1.82) is 0 Å². The Balaban J connectivity index is 1.45. The number of ether oxygens (including phenoxy) is 1. The first kappa shape index (κ1) is 23.8. The highest BCUT2D eigenvalue weighted by Crippen LogP contribution is 2.54. The molecular formula is C28H22FN3O6. The summed E-state index contributed by atoms with van der Waals surface area (Å²) < 4.78 is 19.5. The fraction of sp³-hybridized carbons (Fsp3) is 0.214. The number of hydrogen-bond donors (Lipinski definition) is 3. The topological polar surface area (TPSA) is 125 Å². The van der Waals surface area contributed by atoms with Crippen molar-refractivity contribution in [3.05, 3.63) is 83.7 Å². The van der Waals surface area contributed by atoms with Gasteiger partial charge in [-0.1, -0.05) is 12.1 Å². The number of fused-ring (bicyclic) bond motifs is 4. The highest BCUT2D eigenvalue weighted by molar-refractivity contribution is 6.25. The Morgan fingerprint density at radius 2 is 1.74 bits per heavy atom. The van der Waals surface area contributed by atoms with Crippen molar-refractivity contribution in [2.24, 2.45) is 11.8 Å². The molecule has 0 aliphatic carbocycles. The Hall–Kier alpha value is -4.57. The fourth-order valence-electron chi connectivity index (χ4n) is 5.92. The second-order valence-electron chi connectivity index (χ2n) is 9.68. The number of nitrogens with zero attached hydrogens (tertiary/aromatic N) is 1. The van der Waals surface area contributed by atoms with Crippen molar-refractivity contribution >= 4 is 35.1 Å². The molecule has 0 unspecified atom stereocenters. The molecule has 3 aromatic rings. The molecule has 9 nitrogen and oxygen atoms in total. The monoisotopic (exact) mass is 515 g/mol. The van der Waals surface area contributed by atoms with Crippen LogP contribution in [0.15, 0.2) is 66.7 Å². The molecule has 1 spiro atoms. The summed E-state index contributed by atoms with van der Waals surface area (Å²) in [7, 11) is 0. The van der Waals surface area contributed by atoms with Gasteiger partial charge in [0.25, 0.3) is 0 Å². The number of carbonyl (C=O) groups is 4. The number of phenols is 1. The number of anilines is 2. The number of amides is 3. The third-order valence-electron chi connectivity index (χ3n) is 7.43. The van der Waals surface area contributed by atoms with E-state index in [1.807, 2.05) is 0 Å². The van der Waals surface area contributed by atoms with E-state index < -0.39 is 52.9 Å². The molecule has 10 heteroatoms. The van der Waals surface area contributed by atoms with Crippen molar-refractivity contribution in [2.45, 2.75) is 24.9 Å². The number of esters is 1. The number of imide groups is 1. The summed E-state index contributed by atoms with van der Waals surface area (Å²) in [5.74, 6) is -4.43. The summed E-state index contributed by atoms with van der Waals surface area (Å²) >= 11 is 0. The van der Waals surface area contributed by atoms with E-state index in [9.17, 15) is 28.7 Å². The van der Waals surface area contributed by atoms with Crippen LogP contribution in [0.3, 0.4) is 0 Å². The lowest BCUT2D eigenvalue weighted by molar-refractivity contribution is -0.132. The van der Waals surface area contributed by atoms with Gasteiger partial charge in [0, 0.05) is 24.2 Å². The van der Waals surface area contributed by atoms with Crippen molar-refractivity contribution in [2.75, 3.05) is 10.2 Å². The SMILES string of the molecule is CC(=O)Oc1ccc(N2C(=O)[C@H]3[C@@H](C2=O)[C@@]2(N[C@@H]3Cc3ccc(O)cc3)C(=O)Nc3ccc(F)cc32)cc1. The van der Waals surface area contributed by atoms with Gasteiger partial charge in [-0.15, -0.1) is 0 Å². The van der Waals surface area contributed by atoms with Crippen molar-refractivity contribution in [3.63, 3.8) is 0 Å². The highest BCUT2D eigenvalue weighted by atomic mass is 19.1. The number of phenolic OH excluding ortho intramolecular Hbond substituents is 1. The molecule has 3 aliphatic heterocycles. The number of hydrogen-bond acceptors (Lipinski definition) is 7. The summed E-state index contributed by atoms with van der Waals surface area (Å²) in [5.41, 5.74) is 0.0412. The van der Waals surface area contributed by atoms with Crippen molar-refractivity contribution in [3.8, 4) is 11.5 Å². The number of rotatable bonds is 4. The van der Waals surface area contributed by atoms with Crippen LogP contribution in [0.2, 0.25) is 0 Å². The molecule has 3 N–H and O–H groups in total. The van der Waals surface area contributed by atoms with E-state index in [0.29, 0.717) is 5.69 Å². The Labute approximate surface area is 216 Å². The molecule has 6 rings (SSSR count). The number of benzene rings is 3. The smallest absolute Gasteiger partial charge is 0.308 e. The molecule has 0 bridgehead atoms. The van der Waals surface area contributed by atoms with Gasteiger partial charge in [0.15, 0.2) is 0 Å². The van der Waals surface area contributed by atoms with Crippen LogP contribution < -0.4 is 20.3 Å². The van der Waals surface area contributed by atoms with E-state index in [1.165, 1.54) is 61.5 Å². The lowest BCUT2D eigenvalue weighted by Crippen LogP contribution is -2.53. The van der Waals surface area contributed by atoms with Gasteiger partial charge in [0.1, 0.15) is 22.9 Å². The number of carbonyl (C=O) groups excluding carboxylic acids is 4. The molecule has 2 saturated heterocycles. The van der Waals surface area contributed by atoms with Crippen LogP contribution in [-0.2, 0) is 31.1 Å². The van der Waals surface area contributed by atoms with Crippen molar-refractivity contribution in [1.82, 2.24) is 5.32 Å². The molecule has 3 aliphatic rings. The molecule has 0 saturated carbocycles. The van der Waals surface area contributed by atoms with E-state index in [-0.39, 0.29) is 29.2 Å². The Morgan fingerprint density at radius 1 is 1.03 bits per heavy atom. The summed E-state index contributed by atoms with van der Waals surface area (Å²) in [5, 5.41) is 15.7. The number of nitrogens with one attached hydrogen (secondary N) is 2. The second kappa shape index (κ2) is 8.49. The molecule has 3 amide bonds. The van der Waals surface area contributed by atoms with Crippen LogP contribution in [-0.4, -0.2) is 34.8 Å². The maximum atomic E-state index is 14.4. The third-order valence-corrected chi connectivity index (χ3v) is 7.43. The summed E-state index contributed by atoms with van der Waals surface area (Å²) in [6.45, 7) is 1.26. The van der Waals surface area contributed by atoms with Gasteiger partial charge in [0.2, 0.25) is 17.7 Å². The summed E-state index contributed by atoms with van der Waals surface area (Å²) in [6.07, 6.45) is 0.277. The zero-order valence-corrected chi connectivity index (χ0v) is 20.1. The minimum atomic E-state index is -1.65. The predicted octanol–water partition coefficient (Wildman–Crippen LogP) is 2.62. The molecule has 38 heavy (non-hydrogen) atoms. The minimum absolute atomic E-state index is 0.0811. The maximum absolute atomic E-state index is 14.4. The fourth-order valence-corrected chi connectivity index (χ4v) is 5.92. The molecule has 3 aromatic carbocycles. The van der Waals surface area contributed by atoms with Crippen LogP contribution in [0, 0.1) is 17.7 Å². The Bertz CT molecular complexity index is 1510. The number of aromatic hydroxyl groups is 1. The maximum Gasteiger partial charge on any atom is 0.308 e. The first-order valence-corrected chi connectivity index (χ1v) is 12.0. The standard InChI is InChI=1S/C28H22FN3O6/c1-14(33)38-19-9-5-17(6-10-19)32-25(35)23-22(12-15-2-7-18(34)8-3-15)31-28(24(23)26(32)36)20-13-16(29)4-11-21(20)30-27(28)37/h2-11,13,22-24,31,34H,12H2,1H3,(H,30,37)/t22-,23-,24+,28-/m1/s1. The van der Waals surface area contributed by atoms with Crippen LogP contribution in [0.25, 0.3) is 0 Å². The lowest BCUT2D eigenvalue weighted by atomic mass is 9.76. The van der Waals surface area contributed by atoms with E-state index >= 15 is 0 Å². The molecule has 0 aromatic heterocycles. The van der Waals surface area contributed by atoms with Crippen LogP contribution in [0.4, 0.5) is 15.8 Å². The van der Waals surface area contributed by atoms with Crippen LogP contribution >= 0.6 is 0 Å². The molecule has 0 radical (unpaired) electrons. The van der Waals surface area contributed by atoms with Gasteiger partial charge in [-0.3, -0.25) is 24.5 Å². The normalized spacial score (nSPS) is 25.5. The van der Waals surface area contributed by atoms with Gasteiger partial charge in [-0.2, -0.15) is 0 Å². The van der Waals surface area contributed by atoms with E-state index in [4.69, 9.17) is 4.74 Å². The first-order valence-electron chi connectivity index (χ1n) is 12.0. The largest absolute Gasteiger partial charge is 0.508 e. The van der Waals surface area contributed by atoms with E-state index in [1.54, 1.807) is 12.1 Å². The summed E-state index contributed by atoms with van der Waals surface area (Å²) in [4.78, 5) is 53.7. The highest BCUT2D eigenvalue weighted by Gasteiger charge is 2.70. The van der Waals surface area contributed by atoms with Crippen molar-refractivity contribution < 1.29 is 33.4 Å². The lowest BCUT2D eigenvalue weighted by Gasteiger charge is -2.29. The zero-order chi connectivity index (χ0) is 26.8. The average Bonchev–Trinajstić information content (AvgIpc) is 3.45. The van der Waals surface area contributed by atoms with Gasteiger partial charge >= 0.3 is 5.97 Å². The first-order chi connectivity index (χ1) is 18.2. The van der Waals surface area contributed by atoms with E-state index in [0.717, 1.165) is 10.5 Å². The number of halogens is 1. The minimum Gasteiger partial charge on any atom is -0.508 e. The van der Waals surface area contributed by atoms with Crippen LogP contribution in [0.1, 0.15) is 18.1 Å². The zero-order valence-electron chi connectivity index (χ0n) is 20.1. The quantitative estimate of drug-likeness (QED) is 0.277. The second-order valence-corrected chi connectivity index (χ2v) is 9.68.